The zero-order valence-electron chi connectivity index (χ0n) is 12.3. The summed E-state index contributed by atoms with van der Waals surface area (Å²) >= 11 is 5.99. The van der Waals surface area contributed by atoms with Gasteiger partial charge >= 0.3 is 0 Å². The first-order chi connectivity index (χ1) is 11.6. The second-order valence-electron chi connectivity index (χ2n) is 4.92. The summed E-state index contributed by atoms with van der Waals surface area (Å²) in [6.45, 7) is 0. The van der Waals surface area contributed by atoms with Gasteiger partial charge in [0.25, 0.3) is 5.91 Å². The lowest BCUT2D eigenvalue weighted by atomic mass is 10.1. The van der Waals surface area contributed by atoms with Crippen LogP contribution < -0.4 is 11.1 Å². The molecule has 0 bridgehead atoms. The number of pyridine rings is 2. The Hall–Kier alpha value is -2.99. The van der Waals surface area contributed by atoms with Crippen LogP contribution in [0.3, 0.4) is 0 Å². The number of amides is 1. The van der Waals surface area contributed by atoms with Gasteiger partial charge in [0.05, 0.1) is 28.3 Å². The topological polar surface area (TPSA) is 80.9 Å². The molecule has 3 N–H and O–H groups in total. The van der Waals surface area contributed by atoms with Gasteiger partial charge in [0.15, 0.2) is 5.69 Å². The Morgan fingerprint density at radius 3 is 2.71 bits per heavy atom. The molecular weight excluding hydrogens is 331 g/mol. The second kappa shape index (κ2) is 6.64. The highest BCUT2D eigenvalue weighted by Crippen LogP contribution is 2.24. The van der Waals surface area contributed by atoms with Gasteiger partial charge in [-0.15, -0.1) is 0 Å². The van der Waals surface area contributed by atoms with Crippen molar-refractivity contribution in [2.24, 2.45) is 0 Å². The zero-order chi connectivity index (χ0) is 17.1. The van der Waals surface area contributed by atoms with E-state index in [1.54, 1.807) is 30.3 Å². The van der Waals surface area contributed by atoms with Crippen molar-refractivity contribution in [2.75, 3.05) is 11.1 Å². The average Bonchev–Trinajstić information content (AvgIpc) is 2.58. The molecule has 0 radical (unpaired) electrons. The van der Waals surface area contributed by atoms with Crippen LogP contribution in [0.4, 0.5) is 15.8 Å². The fourth-order valence-corrected chi connectivity index (χ4v) is 2.27. The Balaban J connectivity index is 1.96. The Kier molecular flexibility index (Phi) is 4.39. The van der Waals surface area contributed by atoms with Gasteiger partial charge in [-0.2, -0.15) is 0 Å². The Bertz CT molecular complexity index is 917. The monoisotopic (exact) mass is 342 g/mol. The van der Waals surface area contributed by atoms with Crippen LogP contribution in [-0.4, -0.2) is 15.9 Å². The quantitative estimate of drug-likeness (QED) is 0.759. The van der Waals surface area contributed by atoms with Gasteiger partial charge in [0, 0.05) is 11.8 Å². The molecule has 0 aliphatic carbocycles. The predicted molar refractivity (Wildman–Crippen MR) is 91.2 cm³/mol. The number of nitrogens with one attached hydrogen (secondary N) is 1. The minimum atomic E-state index is -0.555. The molecule has 0 spiro atoms. The third-order valence-corrected chi connectivity index (χ3v) is 3.64. The molecule has 7 heteroatoms. The molecule has 2 aromatic heterocycles. The van der Waals surface area contributed by atoms with Gasteiger partial charge in [-0.3, -0.25) is 9.78 Å². The summed E-state index contributed by atoms with van der Waals surface area (Å²) < 4.78 is 13.9. The zero-order valence-corrected chi connectivity index (χ0v) is 13.1. The maximum absolute atomic E-state index is 13.9. The maximum Gasteiger partial charge on any atom is 0.276 e. The molecule has 1 amide bonds. The Morgan fingerprint density at radius 1 is 1.17 bits per heavy atom. The summed E-state index contributed by atoms with van der Waals surface area (Å²) in [5.41, 5.74) is 6.92. The van der Waals surface area contributed by atoms with Crippen LogP contribution in [0.2, 0.25) is 5.02 Å². The van der Waals surface area contributed by atoms with Gasteiger partial charge in [-0.05, 0) is 30.3 Å². The summed E-state index contributed by atoms with van der Waals surface area (Å²) in [6, 6.07) is 10.8. The van der Waals surface area contributed by atoms with Crippen LogP contribution >= 0.6 is 11.6 Å². The minimum absolute atomic E-state index is 0.0179. The van der Waals surface area contributed by atoms with E-state index < -0.39 is 11.7 Å². The molecule has 0 saturated heterocycles. The second-order valence-corrected chi connectivity index (χ2v) is 5.33. The Morgan fingerprint density at radius 2 is 1.96 bits per heavy atom. The number of carbonyl (C=O) groups excluding carboxylic acids is 1. The Labute approximate surface area is 142 Å². The van der Waals surface area contributed by atoms with Crippen molar-refractivity contribution < 1.29 is 9.18 Å². The smallest absolute Gasteiger partial charge is 0.276 e. The molecule has 0 aliphatic rings. The van der Waals surface area contributed by atoms with E-state index in [9.17, 15) is 9.18 Å². The number of anilines is 2. The fourth-order valence-electron chi connectivity index (χ4n) is 2.12. The molecule has 3 rings (SSSR count). The molecule has 2 heterocycles. The first-order valence-corrected chi connectivity index (χ1v) is 7.36. The van der Waals surface area contributed by atoms with Crippen molar-refractivity contribution in [3.8, 4) is 11.3 Å². The van der Waals surface area contributed by atoms with Crippen LogP contribution in [0.5, 0.6) is 0 Å². The molecule has 24 heavy (non-hydrogen) atoms. The number of nitrogens with two attached hydrogens (primary N) is 1. The van der Waals surface area contributed by atoms with E-state index in [0.29, 0.717) is 16.4 Å². The van der Waals surface area contributed by atoms with E-state index in [-0.39, 0.29) is 16.9 Å². The number of hydrogen-bond donors (Lipinski definition) is 2. The highest BCUT2D eigenvalue weighted by molar-refractivity contribution is 6.33. The van der Waals surface area contributed by atoms with Crippen molar-refractivity contribution in [3.63, 3.8) is 0 Å². The van der Waals surface area contributed by atoms with Crippen molar-refractivity contribution in [3.05, 3.63) is 71.4 Å². The van der Waals surface area contributed by atoms with Crippen LogP contribution in [-0.2, 0) is 0 Å². The molecule has 0 unspecified atom stereocenters. The number of benzene rings is 1. The van der Waals surface area contributed by atoms with Crippen molar-refractivity contribution in [2.45, 2.75) is 0 Å². The molecule has 1 aromatic carbocycles. The van der Waals surface area contributed by atoms with Crippen molar-refractivity contribution in [1.82, 2.24) is 9.97 Å². The molecule has 0 fully saturated rings. The number of nitrogens with zero attached hydrogens (tertiary/aromatic N) is 2. The fraction of sp³-hybridized carbons (Fsp3) is 0. The minimum Gasteiger partial charge on any atom is -0.397 e. The van der Waals surface area contributed by atoms with Crippen LogP contribution in [0.15, 0.2) is 54.9 Å². The lowest BCUT2D eigenvalue weighted by Gasteiger charge is -2.10. The predicted octanol–water partition coefficient (Wildman–Crippen LogP) is 3.77. The van der Waals surface area contributed by atoms with E-state index in [4.69, 9.17) is 17.3 Å². The standard InChI is InChI=1S/C17H12ClFN4O/c18-11-7-8-21-9-15(11)23-17(24)16-13(20)5-6-14(22-16)10-3-1-2-4-12(10)19/h1-9H,20H2,(H,23,24). The van der Waals surface area contributed by atoms with Crippen molar-refractivity contribution >= 4 is 28.9 Å². The lowest BCUT2D eigenvalue weighted by Crippen LogP contribution is -2.16. The molecule has 0 atom stereocenters. The summed E-state index contributed by atoms with van der Waals surface area (Å²) in [6.07, 6.45) is 2.92. The third kappa shape index (κ3) is 3.18. The number of carbonyl (C=O) groups is 1. The molecular formula is C17H12ClFN4O. The van der Waals surface area contributed by atoms with Crippen LogP contribution in [0.25, 0.3) is 11.3 Å². The van der Waals surface area contributed by atoms with E-state index in [2.05, 4.69) is 15.3 Å². The van der Waals surface area contributed by atoms with Crippen LogP contribution in [0, 0.1) is 5.82 Å². The largest absolute Gasteiger partial charge is 0.397 e. The summed E-state index contributed by atoms with van der Waals surface area (Å²) in [5.74, 6) is -0.989. The highest BCUT2D eigenvalue weighted by Gasteiger charge is 2.16. The van der Waals surface area contributed by atoms with Gasteiger partial charge in [0.2, 0.25) is 0 Å². The lowest BCUT2D eigenvalue weighted by molar-refractivity contribution is 0.102. The summed E-state index contributed by atoms with van der Waals surface area (Å²) in [7, 11) is 0. The van der Waals surface area contributed by atoms with Gasteiger partial charge in [-0.1, -0.05) is 23.7 Å². The van der Waals surface area contributed by atoms with Gasteiger partial charge < -0.3 is 11.1 Å². The van der Waals surface area contributed by atoms with Gasteiger partial charge in [-0.25, -0.2) is 9.37 Å². The highest BCUT2D eigenvalue weighted by atomic mass is 35.5. The van der Waals surface area contributed by atoms with Crippen molar-refractivity contribution in [1.29, 1.82) is 0 Å². The SMILES string of the molecule is Nc1ccc(-c2ccccc2F)nc1C(=O)Nc1cnccc1Cl. The normalized spacial score (nSPS) is 10.4. The first kappa shape index (κ1) is 15.9. The molecule has 5 nitrogen and oxygen atoms in total. The van der Waals surface area contributed by atoms with Crippen LogP contribution in [0.1, 0.15) is 10.5 Å². The summed E-state index contributed by atoms with van der Waals surface area (Å²) in [5, 5.41) is 2.93. The third-order valence-electron chi connectivity index (χ3n) is 3.31. The van der Waals surface area contributed by atoms with Gasteiger partial charge in [0.1, 0.15) is 5.82 Å². The number of aromatic nitrogens is 2. The van der Waals surface area contributed by atoms with E-state index in [1.807, 2.05) is 0 Å². The number of hydrogen-bond acceptors (Lipinski definition) is 4. The molecule has 0 aliphatic heterocycles. The molecule has 0 saturated carbocycles. The maximum atomic E-state index is 13.9. The van der Waals surface area contributed by atoms with E-state index >= 15 is 0 Å². The number of rotatable bonds is 3. The van der Waals surface area contributed by atoms with E-state index in [1.165, 1.54) is 24.5 Å². The number of halogens is 2. The summed E-state index contributed by atoms with van der Waals surface area (Å²) in [4.78, 5) is 20.5. The number of nitrogen functional groups attached to an aromatic ring is 1. The van der Waals surface area contributed by atoms with E-state index in [0.717, 1.165) is 0 Å². The average molecular weight is 343 g/mol. The first-order valence-electron chi connectivity index (χ1n) is 6.98. The molecule has 3 aromatic rings. The molecule has 120 valence electrons.